The second-order valence-electron chi connectivity index (χ2n) is 4.99. The van der Waals surface area contributed by atoms with E-state index in [2.05, 4.69) is 0 Å². The maximum absolute atomic E-state index is 12.8. The smallest absolute Gasteiger partial charge is 0.393 e. The summed E-state index contributed by atoms with van der Waals surface area (Å²) < 4.78 is 38.3. The van der Waals surface area contributed by atoms with Gasteiger partial charge in [0.25, 0.3) is 5.91 Å². The van der Waals surface area contributed by atoms with Crippen LogP contribution in [0.15, 0.2) is 12.1 Å². The largest absolute Gasteiger partial charge is 0.396 e. The Morgan fingerprint density at radius 1 is 1.29 bits per heavy atom. The van der Waals surface area contributed by atoms with Gasteiger partial charge in [-0.3, -0.25) is 4.79 Å². The minimum absolute atomic E-state index is 0.0382. The third-order valence-corrected chi connectivity index (χ3v) is 4.12. The average Bonchev–Trinajstić information content (AvgIpc) is 2.42. The van der Waals surface area contributed by atoms with Crippen molar-refractivity contribution >= 4 is 34.8 Å². The first-order chi connectivity index (χ1) is 9.70. The number of amides is 1. The van der Waals surface area contributed by atoms with Crippen LogP contribution in [-0.4, -0.2) is 30.1 Å². The van der Waals surface area contributed by atoms with Crippen molar-refractivity contribution in [3.05, 3.63) is 27.7 Å². The number of carbonyl (C=O) groups excluding carboxylic acids is 1. The third-order valence-electron chi connectivity index (χ3n) is 3.50. The van der Waals surface area contributed by atoms with Gasteiger partial charge in [-0.1, -0.05) is 23.2 Å². The normalized spacial score (nSPS) is 19.7. The van der Waals surface area contributed by atoms with Crippen LogP contribution in [0.1, 0.15) is 23.2 Å². The van der Waals surface area contributed by atoms with Gasteiger partial charge in [0.2, 0.25) is 0 Å². The number of likely N-dealkylation sites (tertiary alicyclic amines) is 1. The summed E-state index contributed by atoms with van der Waals surface area (Å²) in [5, 5.41) is 0.213. The van der Waals surface area contributed by atoms with E-state index in [9.17, 15) is 18.0 Å². The molecule has 1 unspecified atom stereocenters. The predicted octanol–water partition coefficient (Wildman–Crippen LogP) is 3.99. The number of carbonyl (C=O) groups is 1. The highest BCUT2D eigenvalue weighted by Gasteiger charge is 2.42. The summed E-state index contributed by atoms with van der Waals surface area (Å²) in [6, 6.07) is 2.64. The second kappa shape index (κ2) is 5.93. The van der Waals surface area contributed by atoms with Gasteiger partial charge in [0.1, 0.15) is 0 Å². The number of hydrogen-bond donors (Lipinski definition) is 1. The second-order valence-corrected chi connectivity index (χ2v) is 5.80. The van der Waals surface area contributed by atoms with Crippen molar-refractivity contribution < 1.29 is 18.0 Å². The molecule has 1 aromatic carbocycles. The van der Waals surface area contributed by atoms with Gasteiger partial charge in [0, 0.05) is 18.7 Å². The van der Waals surface area contributed by atoms with E-state index in [0.29, 0.717) is 6.42 Å². The van der Waals surface area contributed by atoms with E-state index in [4.69, 9.17) is 28.9 Å². The summed E-state index contributed by atoms with van der Waals surface area (Å²) in [5.41, 5.74) is 5.85. The number of nitrogen functional groups attached to an aromatic ring is 1. The van der Waals surface area contributed by atoms with E-state index >= 15 is 0 Å². The number of hydrogen-bond acceptors (Lipinski definition) is 2. The minimum atomic E-state index is -4.30. The van der Waals surface area contributed by atoms with Crippen molar-refractivity contribution in [1.29, 1.82) is 0 Å². The average molecular weight is 341 g/mol. The van der Waals surface area contributed by atoms with Crippen molar-refractivity contribution in [3.8, 4) is 0 Å². The van der Waals surface area contributed by atoms with Crippen molar-refractivity contribution in [3.63, 3.8) is 0 Å². The molecule has 0 aromatic heterocycles. The molecule has 1 aliphatic heterocycles. The number of nitrogens with two attached hydrogens (primary N) is 1. The number of nitrogens with zero attached hydrogens (tertiary/aromatic N) is 1. The van der Waals surface area contributed by atoms with Crippen molar-refractivity contribution in [2.45, 2.75) is 19.0 Å². The predicted molar refractivity (Wildman–Crippen MR) is 75.6 cm³/mol. The molecule has 21 heavy (non-hydrogen) atoms. The van der Waals surface area contributed by atoms with E-state index < -0.39 is 18.0 Å². The molecule has 1 atom stereocenters. The monoisotopic (exact) mass is 340 g/mol. The van der Waals surface area contributed by atoms with Gasteiger partial charge in [0.05, 0.1) is 21.7 Å². The molecule has 3 nitrogen and oxygen atoms in total. The molecule has 1 heterocycles. The summed E-state index contributed by atoms with van der Waals surface area (Å²) in [7, 11) is 0. The number of anilines is 1. The van der Waals surface area contributed by atoms with Crippen LogP contribution in [0, 0.1) is 5.92 Å². The molecule has 8 heteroatoms. The van der Waals surface area contributed by atoms with Crippen LogP contribution in [0.25, 0.3) is 0 Å². The first-order valence-electron chi connectivity index (χ1n) is 6.30. The molecule has 0 radical (unpaired) electrons. The molecule has 1 fully saturated rings. The highest BCUT2D eigenvalue weighted by atomic mass is 35.5. The molecular formula is C13H13Cl2F3N2O. The first-order valence-corrected chi connectivity index (χ1v) is 7.06. The van der Waals surface area contributed by atoms with E-state index in [1.165, 1.54) is 17.0 Å². The lowest BCUT2D eigenvalue weighted by atomic mass is 9.97. The lowest BCUT2D eigenvalue weighted by molar-refractivity contribution is -0.184. The molecule has 1 saturated heterocycles. The fourth-order valence-electron chi connectivity index (χ4n) is 2.32. The van der Waals surface area contributed by atoms with Crippen LogP contribution in [-0.2, 0) is 0 Å². The fraction of sp³-hybridized carbons (Fsp3) is 0.462. The van der Waals surface area contributed by atoms with Crippen LogP contribution < -0.4 is 5.73 Å². The zero-order valence-corrected chi connectivity index (χ0v) is 12.4. The molecular weight excluding hydrogens is 328 g/mol. The lowest BCUT2D eigenvalue weighted by Crippen LogP contribution is -2.44. The highest BCUT2D eigenvalue weighted by Crippen LogP contribution is 2.34. The molecule has 0 bridgehead atoms. The Morgan fingerprint density at radius 2 is 1.86 bits per heavy atom. The molecule has 2 N–H and O–H groups in total. The van der Waals surface area contributed by atoms with Crippen molar-refractivity contribution in [2.24, 2.45) is 5.92 Å². The number of rotatable bonds is 1. The Bertz CT molecular complexity index is 540. The number of halogens is 5. The van der Waals surface area contributed by atoms with Crippen molar-refractivity contribution in [2.75, 3.05) is 18.8 Å². The topological polar surface area (TPSA) is 46.3 Å². The standard InChI is InChI=1S/C13H13Cl2F3N2O/c14-9-4-7(5-10(15)11(9)19)12(21)20-3-1-2-8(6-20)13(16,17)18/h4-5,8H,1-3,6,19H2. The summed E-state index contributed by atoms with van der Waals surface area (Å²) in [4.78, 5) is 13.5. The molecule has 2 rings (SSSR count). The van der Waals surface area contributed by atoms with Gasteiger partial charge in [0.15, 0.2) is 0 Å². The van der Waals surface area contributed by atoms with Crippen LogP contribution in [0.3, 0.4) is 0 Å². The Labute approximate surface area is 129 Å². The SMILES string of the molecule is Nc1c(Cl)cc(C(=O)N2CCCC(C(F)(F)F)C2)cc1Cl. The van der Waals surface area contributed by atoms with Crippen LogP contribution in [0.2, 0.25) is 10.0 Å². The zero-order valence-electron chi connectivity index (χ0n) is 10.9. The maximum atomic E-state index is 12.8. The molecule has 1 aliphatic rings. The first kappa shape index (κ1) is 16.2. The van der Waals surface area contributed by atoms with E-state index in [1.807, 2.05) is 0 Å². The molecule has 116 valence electrons. The number of benzene rings is 1. The number of alkyl halides is 3. The van der Waals surface area contributed by atoms with Crippen LogP contribution in [0.5, 0.6) is 0 Å². The fourth-order valence-corrected chi connectivity index (χ4v) is 2.81. The Morgan fingerprint density at radius 3 is 2.38 bits per heavy atom. The van der Waals surface area contributed by atoms with Gasteiger partial charge in [-0.05, 0) is 25.0 Å². The molecule has 0 saturated carbocycles. The van der Waals surface area contributed by atoms with Gasteiger partial charge in [-0.25, -0.2) is 0 Å². The third kappa shape index (κ3) is 3.55. The van der Waals surface area contributed by atoms with Crippen molar-refractivity contribution in [1.82, 2.24) is 4.90 Å². The summed E-state index contributed by atoms with van der Waals surface area (Å²) >= 11 is 11.7. The summed E-state index contributed by atoms with van der Waals surface area (Å²) in [6.07, 6.45) is -3.95. The lowest BCUT2D eigenvalue weighted by Gasteiger charge is -2.33. The summed E-state index contributed by atoms with van der Waals surface area (Å²) in [6.45, 7) is -0.0625. The molecule has 0 spiro atoms. The van der Waals surface area contributed by atoms with Gasteiger partial charge in [-0.2, -0.15) is 13.2 Å². The van der Waals surface area contributed by atoms with Gasteiger partial charge < -0.3 is 10.6 Å². The zero-order chi connectivity index (χ0) is 15.8. The maximum Gasteiger partial charge on any atom is 0.393 e. The minimum Gasteiger partial charge on any atom is -0.396 e. The van der Waals surface area contributed by atoms with Crippen LogP contribution in [0.4, 0.5) is 18.9 Å². The Kier molecular flexibility index (Phi) is 4.58. The highest BCUT2D eigenvalue weighted by molar-refractivity contribution is 6.39. The van der Waals surface area contributed by atoms with Gasteiger partial charge in [-0.15, -0.1) is 0 Å². The van der Waals surface area contributed by atoms with Gasteiger partial charge >= 0.3 is 6.18 Å². The van der Waals surface area contributed by atoms with E-state index in [-0.39, 0.29) is 40.8 Å². The van der Waals surface area contributed by atoms with E-state index in [1.54, 1.807) is 0 Å². The van der Waals surface area contributed by atoms with Crippen LogP contribution >= 0.6 is 23.2 Å². The Hall–Kier alpha value is -1.14. The Balaban J connectivity index is 2.20. The van der Waals surface area contributed by atoms with E-state index in [0.717, 1.165) is 0 Å². The quantitative estimate of drug-likeness (QED) is 0.785. The number of piperidine rings is 1. The molecule has 1 aromatic rings. The summed E-state index contributed by atoms with van der Waals surface area (Å²) in [5.74, 6) is -2.01. The molecule has 1 amide bonds. The molecule has 0 aliphatic carbocycles.